The second-order valence-electron chi connectivity index (χ2n) is 7.95. The fourth-order valence-electron chi connectivity index (χ4n) is 4.27. The van der Waals surface area contributed by atoms with Gasteiger partial charge in [0.05, 0.1) is 29.8 Å². The average molecular weight is 464 g/mol. The van der Waals surface area contributed by atoms with E-state index in [1.165, 1.54) is 30.2 Å². The smallest absolute Gasteiger partial charge is 0.417 e. The van der Waals surface area contributed by atoms with Crippen LogP contribution in [0.15, 0.2) is 65.1 Å². The highest BCUT2D eigenvalue weighted by Crippen LogP contribution is 2.52. The highest BCUT2D eigenvalue weighted by Gasteiger charge is 2.37. The van der Waals surface area contributed by atoms with Gasteiger partial charge in [0.25, 0.3) is 0 Å². The van der Waals surface area contributed by atoms with E-state index in [-0.39, 0.29) is 0 Å². The van der Waals surface area contributed by atoms with Gasteiger partial charge in [0.2, 0.25) is 0 Å². The van der Waals surface area contributed by atoms with E-state index in [0.29, 0.717) is 23.7 Å². The van der Waals surface area contributed by atoms with Crippen LogP contribution in [0.1, 0.15) is 12.0 Å². The maximum Gasteiger partial charge on any atom is 0.417 e. The molecule has 2 aliphatic rings. The van der Waals surface area contributed by atoms with Crippen molar-refractivity contribution in [2.75, 3.05) is 57.3 Å². The molecule has 4 nitrogen and oxygen atoms in total. The molecule has 2 heterocycles. The molecule has 2 aromatic rings. The molecular formula is C24H28F3N3OS. The zero-order valence-electron chi connectivity index (χ0n) is 18.0. The predicted octanol–water partition coefficient (Wildman–Crippen LogP) is 5.48. The molecule has 0 N–H and O–H groups in total. The van der Waals surface area contributed by atoms with Crippen LogP contribution in [-0.2, 0) is 10.9 Å². The van der Waals surface area contributed by atoms with Crippen LogP contribution in [0.5, 0.6) is 0 Å². The topological polar surface area (TPSA) is 19.0 Å². The SMILES string of the molecule is C=COCCN1CCN(CCCN2c3ccccc3Sc3c2cccc3C(F)(F)F)CC1. The van der Waals surface area contributed by atoms with E-state index in [9.17, 15) is 13.2 Å². The second kappa shape index (κ2) is 10.2. The number of hydrogen-bond acceptors (Lipinski definition) is 5. The summed E-state index contributed by atoms with van der Waals surface area (Å²) in [4.78, 5) is 8.04. The first-order valence-electron chi connectivity index (χ1n) is 10.9. The van der Waals surface area contributed by atoms with Crippen molar-refractivity contribution >= 4 is 23.1 Å². The number of nitrogens with zero attached hydrogens (tertiary/aromatic N) is 3. The molecule has 0 unspecified atom stereocenters. The second-order valence-corrected chi connectivity index (χ2v) is 9.00. The van der Waals surface area contributed by atoms with Crippen LogP contribution < -0.4 is 4.90 Å². The van der Waals surface area contributed by atoms with Crippen LogP contribution in [0.25, 0.3) is 0 Å². The number of para-hydroxylation sites is 1. The standard InChI is InChI=1S/C24H28F3N3OS/c1-2-31-18-17-29-15-13-28(14-16-29)11-6-12-30-20-8-3-4-10-22(20)32-23-19(24(25,26)27)7-5-9-21(23)30/h2-5,7-10H,1,6,11-18H2. The molecule has 0 spiro atoms. The first kappa shape index (κ1) is 23.0. The largest absolute Gasteiger partial charge is 0.500 e. The number of fused-ring (bicyclic) bond motifs is 2. The third-order valence-electron chi connectivity index (χ3n) is 5.92. The zero-order valence-corrected chi connectivity index (χ0v) is 18.8. The summed E-state index contributed by atoms with van der Waals surface area (Å²) in [6.45, 7) is 10.7. The van der Waals surface area contributed by atoms with Crippen molar-refractivity contribution in [2.45, 2.75) is 22.4 Å². The molecule has 0 aliphatic carbocycles. The molecule has 172 valence electrons. The quantitative estimate of drug-likeness (QED) is 0.380. The normalized spacial score (nSPS) is 17.0. The van der Waals surface area contributed by atoms with Crippen LogP contribution in [0.4, 0.5) is 24.5 Å². The number of anilines is 2. The number of rotatable bonds is 8. The van der Waals surface area contributed by atoms with Gasteiger partial charge < -0.3 is 14.5 Å². The molecule has 0 amide bonds. The minimum Gasteiger partial charge on any atom is -0.500 e. The Hall–Kier alpha value is -2.16. The Bertz CT molecular complexity index is 929. The molecule has 0 radical (unpaired) electrons. The maximum atomic E-state index is 13.6. The number of benzene rings is 2. The lowest BCUT2D eigenvalue weighted by Crippen LogP contribution is -2.47. The van der Waals surface area contributed by atoms with Gasteiger partial charge in [-0.25, -0.2) is 0 Å². The lowest BCUT2D eigenvalue weighted by molar-refractivity contribution is -0.139. The molecule has 8 heteroatoms. The number of halogens is 3. The highest BCUT2D eigenvalue weighted by atomic mass is 32.2. The van der Waals surface area contributed by atoms with Crippen molar-refractivity contribution in [3.05, 3.63) is 60.9 Å². The molecular weight excluding hydrogens is 435 g/mol. The molecule has 1 fully saturated rings. The van der Waals surface area contributed by atoms with E-state index in [4.69, 9.17) is 4.74 Å². The Balaban J connectivity index is 1.41. The fraction of sp³-hybridized carbons (Fsp3) is 0.417. The lowest BCUT2D eigenvalue weighted by Gasteiger charge is -2.36. The molecule has 0 atom stereocenters. The van der Waals surface area contributed by atoms with E-state index < -0.39 is 11.7 Å². The minimum atomic E-state index is -4.37. The number of alkyl halides is 3. The van der Waals surface area contributed by atoms with Crippen LogP contribution in [0.3, 0.4) is 0 Å². The van der Waals surface area contributed by atoms with Crippen LogP contribution in [-0.4, -0.2) is 62.2 Å². The van der Waals surface area contributed by atoms with Gasteiger partial charge in [-0.2, -0.15) is 13.2 Å². The summed E-state index contributed by atoms with van der Waals surface area (Å²) in [6, 6.07) is 12.2. The monoisotopic (exact) mass is 463 g/mol. The van der Waals surface area contributed by atoms with Gasteiger partial charge in [-0.05, 0) is 37.2 Å². The van der Waals surface area contributed by atoms with Crippen molar-refractivity contribution in [1.29, 1.82) is 0 Å². The highest BCUT2D eigenvalue weighted by molar-refractivity contribution is 7.99. The molecule has 2 aromatic carbocycles. The summed E-state index contributed by atoms with van der Waals surface area (Å²) >= 11 is 1.22. The van der Waals surface area contributed by atoms with Crippen LogP contribution >= 0.6 is 11.8 Å². The van der Waals surface area contributed by atoms with Gasteiger partial charge in [-0.15, -0.1) is 0 Å². The van der Waals surface area contributed by atoms with Crippen molar-refractivity contribution in [3.8, 4) is 0 Å². The van der Waals surface area contributed by atoms with Crippen molar-refractivity contribution in [3.63, 3.8) is 0 Å². The van der Waals surface area contributed by atoms with Gasteiger partial charge in [0, 0.05) is 49.1 Å². The summed E-state index contributed by atoms with van der Waals surface area (Å²) in [6.07, 6.45) is -2.01. The molecule has 2 aliphatic heterocycles. The van der Waals surface area contributed by atoms with Gasteiger partial charge in [-0.1, -0.05) is 36.5 Å². The van der Waals surface area contributed by atoms with E-state index >= 15 is 0 Å². The Morgan fingerprint density at radius 3 is 2.31 bits per heavy atom. The summed E-state index contributed by atoms with van der Waals surface area (Å²) < 4.78 is 46.2. The van der Waals surface area contributed by atoms with E-state index in [1.807, 2.05) is 24.3 Å². The van der Waals surface area contributed by atoms with Gasteiger partial charge in [-0.3, -0.25) is 4.90 Å². The molecule has 0 saturated carbocycles. The molecule has 32 heavy (non-hydrogen) atoms. The summed E-state index contributed by atoms with van der Waals surface area (Å²) in [7, 11) is 0. The summed E-state index contributed by atoms with van der Waals surface area (Å²) in [5.41, 5.74) is 1.07. The van der Waals surface area contributed by atoms with E-state index in [1.54, 1.807) is 6.07 Å². The fourth-order valence-corrected chi connectivity index (χ4v) is 5.49. The van der Waals surface area contributed by atoms with Gasteiger partial charge in [0.1, 0.15) is 0 Å². The summed E-state index contributed by atoms with van der Waals surface area (Å²) in [5.74, 6) is 0. The third-order valence-corrected chi connectivity index (χ3v) is 7.12. The Kier molecular flexibility index (Phi) is 7.33. The van der Waals surface area contributed by atoms with Crippen LogP contribution in [0.2, 0.25) is 0 Å². The van der Waals surface area contributed by atoms with E-state index in [0.717, 1.165) is 56.3 Å². The lowest BCUT2D eigenvalue weighted by atomic mass is 10.1. The predicted molar refractivity (Wildman–Crippen MR) is 123 cm³/mol. The Morgan fingerprint density at radius 2 is 1.59 bits per heavy atom. The third kappa shape index (κ3) is 5.24. The summed E-state index contributed by atoms with van der Waals surface area (Å²) in [5, 5.41) is 0. The Labute approximate surface area is 191 Å². The molecule has 0 aromatic heterocycles. The van der Waals surface area contributed by atoms with Crippen LogP contribution in [0, 0.1) is 0 Å². The molecule has 0 bridgehead atoms. The number of hydrogen-bond donors (Lipinski definition) is 0. The van der Waals surface area contributed by atoms with Gasteiger partial charge >= 0.3 is 6.18 Å². The van der Waals surface area contributed by atoms with Crippen molar-refractivity contribution < 1.29 is 17.9 Å². The van der Waals surface area contributed by atoms with Crippen molar-refractivity contribution in [2.24, 2.45) is 0 Å². The minimum absolute atomic E-state index is 0.300. The van der Waals surface area contributed by atoms with E-state index in [2.05, 4.69) is 21.3 Å². The first-order chi connectivity index (χ1) is 15.5. The van der Waals surface area contributed by atoms with Gasteiger partial charge in [0.15, 0.2) is 0 Å². The number of piperazine rings is 1. The first-order valence-corrected chi connectivity index (χ1v) is 11.7. The Morgan fingerprint density at radius 1 is 0.906 bits per heavy atom. The maximum absolute atomic E-state index is 13.6. The zero-order chi connectivity index (χ0) is 22.6. The molecule has 4 rings (SSSR count). The molecule has 1 saturated heterocycles. The van der Waals surface area contributed by atoms with Crippen molar-refractivity contribution in [1.82, 2.24) is 9.80 Å². The number of ether oxygens (including phenoxy) is 1. The average Bonchev–Trinajstić information content (AvgIpc) is 2.79.